The first-order chi connectivity index (χ1) is 8.22. The van der Waals surface area contributed by atoms with Crippen molar-refractivity contribution in [3.8, 4) is 0 Å². The summed E-state index contributed by atoms with van der Waals surface area (Å²) in [5.74, 6) is 0.159. The zero-order chi connectivity index (χ0) is 12.3. The van der Waals surface area contributed by atoms with Crippen LogP contribution in [-0.2, 0) is 9.53 Å². The van der Waals surface area contributed by atoms with Crippen LogP contribution in [0.4, 0.5) is 0 Å². The van der Waals surface area contributed by atoms with E-state index in [-0.39, 0.29) is 23.5 Å². The number of ether oxygens (including phenoxy) is 1. The van der Waals surface area contributed by atoms with Crippen LogP contribution in [0, 0.1) is 5.41 Å². The normalized spacial score (nSPS) is 31.6. The Hall–Kier alpha value is -0.610. The highest BCUT2D eigenvalue weighted by atomic mass is 16.5. The molecule has 98 valence electrons. The molecule has 0 aromatic rings. The molecule has 3 N–H and O–H groups in total. The molecule has 2 aliphatic carbocycles. The van der Waals surface area contributed by atoms with Crippen LogP contribution >= 0.6 is 0 Å². The average Bonchev–Trinajstić information content (AvgIpc) is 2.97. The summed E-state index contributed by atoms with van der Waals surface area (Å²) in [7, 11) is 1.73. The van der Waals surface area contributed by atoms with Crippen molar-refractivity contribution in [1.29, 1.82) is 0 Å². The van der Waals surface area contributed by atoms with Gasteiger partial charge in [0.25, 0.3) is 0 Å². The standard InChI is InChI=1S/C13H24N2O2/c1-17-11-6-4-5-10(11)15-12(16)13(9-14)7-2-3-8-13/h10-11H,2-9,14H2,1H3,(H,15,16). The molecule has 0 aromatic carbocycles. The molecule has 2 rings (SSSR count). The van der Waals surface area contributed by atoms with Crippen LogP contribution in [0.5, 0.6) is 0 Å². The maximum Gasteiger partial charge on any atom is 0.227 e. The SMILES string of the molecule is COC1CCCC1NC(=O)C1(CN)CCCC1. The lowest BCUT2D eigenvalue weighted by Gasteiger charge is -2.29. The molecule has 2 unspecified atom stereocenters. The van der Waals surface area contributed by atoms with Crippen LogP contribution in [0.2, 0.25) is 0 Å². The van der Waals surface area contributed by atoms with E-state index in [0.29, 0.717) is 6.54 Å². The number of hydrogen-bond acceptors (Lipinski definition) is 3. The highest BCUT2D eigenvalue weighted by molar-refractivity contribution is 5.83. The Kier molecular flexibility index (Phi) is 4.05. The van der Waals surface area contributed by atoms with Gasteiger partial charge >= 0.3 is 0 Å². The molecule has 17 heavy (non-hydrogen) atoms. The number of carbonyl (C=O) groups excluding carboxylic acids is 1. The van der Waals surface area contributed by atoms with E-state index in [4.69, 9.17) is 10.5 Å². The molecular formula is C13H24N2O2. The third-order valence-corrected chi connectivity index (χ3v) is 4.50. The van der Waals surface area contributed by atoms with Crippen molar-refractivity contribution in [3.63, 3.8) is 0 Å². The van der Waals surface area contributed by atoms with E-state index < -0.39 is 0 Å². The van der Waals surface area contributed by atoms with Gasteiger partial charge in [-0.2, -0.15) is 0 Å². The second kappa shape index (κ2) is 5.36. The molecule has 2 saturated carbocycles. The Bertz CT molecular complexity index is 275. The van der Waals surface area contributed by atoms with Gasteiger partial charge in [0.05, 0.1) is 17.6 Å². The predicted octanol–water partition coefficient (Wildman–Crippen LogP) is 1.19. The van der Waals surface area contributed by atoms with E-state index in [2.05, 4.69) is 5.32 Å². The third-order valence-electron chi connectivity index (χ3n) is 4.50. The Morgan fingerprint density at radius 3 is 2.65 bits per heavy atom. The van der Waals surface area contributed by atoms with Crippen LogP contribution in [0.25, 0.3) is 0 Å². The second-order valence-electron chi connectivity index (χ2n) is 5.48. The Balaban J connectivity index is 1.96. The van der Waals surface area contributed by atoms with E-state index in [1.807, 2.05) is 0 Å². The summed E-state index contributed by atoms with van der Waals surface area (Å²) in [6, 6.07) is 0.191. The number of rotatable bonds is 4. The Morgan fingerprint density at radius 2 is 2.06 bits per heavy atom. The van der Waals surface area contributed by atoms with Gasteiger partial charge in [-0.1, -0.05) is 12.8 Å². The highest BCUT2D eigenvalue weighted by Crippen LogP contribution is 2.37. The fraction of sp³-hybridized carbons (Fsp3) is 0.923. The molecule has 0 aliphatic heterocycles. The van der Waals surface area contributed by atoms with Gasteiger partial charge in [0, 0.05) is 13.7 Å². The highest BCUT2D eigenvalue weighted by Gasteiger charge is 2.41. The number of methoxy groups -OCH3 is 1. The molecule has 0 spiro atoms. The van der Waals surface area contributed by atoms with Crippen molar-refractivity contribution in [3.05, 3.63) is 0 Å². The lowest BCUT2D eigenvalue weighted by atomic mass is 9.85. The van der Waals surface area contributed by atoms with Gasteiger partial charge in [-0.3, -0.25) is 4.79 Å². The van der Waals surface area contributed by atoms with E-state index in [0.717, 1.165) is 44.9 Å². The minimum Gasteiger partial charge on any atom is -0.379 e. The van der Waals surface area contributed by atoms with Gasteiger partial charge in [-0.25, -0.2) is 0 Å². The zero-order valence-electron chi connectivity index (χ0n) is 10.7. The average molecular weight is 240 g/mol. The summed E-state index contributed by atoms with van der Waals surface area (Å²) >= 11 is 0. The third kappa shape index (κ3) is 2.47. The summed E-state index contributed by atoms with van der Waals surface area (Å²) in [6.07, 6.45) is 7.56. The van der Waals surface area contributed by atoms with Crippen LogP contribution in [-0.4, -0.2) is 31.7 Å². The first-order valence-corrected chi connectivity index (χ1v) is 6.76. The molecular weight excluding hydrogens is 216 g/mol. The van der Waals surface area contributed by atoms with Gasteiger partial charge in [-0.15, -0.1) is 0 Å². The topological polar surface area (TPSA) is 64.3 Å². The van der Waals surface area contributed by atoms with Crippen molar-refractivity contribution in [2.75, 3.05) is 13.7 Å². The van der Waals surface area contributed by atoms with Gasteiger partial charge in [0.2, 0.25) is 5.91 Å². The van der Waals surface area contributed by atoms with Crippen LogP contribution < -0.4 is 11.1 Å². The van der Waals surface area contributed by atoms with Gasteiger partial charge < -0.3 is 15.8 Å². The fourth-order valence-corrected chi connectivity index (χ4v) is 3.27. The first-order valence-electron chi connectivity index (χ1n) is 6.76. The number of nitrogens with two attached hydrogens (primary N) is 1. The van der Waals surface area contributed by atoms with Crippen LogP contribution in [0.3, 0.4) is 0 Å². The molecule has 2 fully saturated rings. The maximum absolute atomic E-state index is 12.4. The zero-order valence-corrected chi connectivity index (χ0v) is 10.7. The molecule has 0 heterocycles. The summed E-state index contributed by atoms with van der Waals surface area (Å²) in [5.41, 5.74) is 5.53. The Morgan fingerprint density at radius 1 is 1.35 bits per heavy atom. The number of nitrogens with one attached hydrogen (secondary N) is 1. The second-order valence-corrected chi connectivity index (χ2v) is 5.48. The van der Waals surface area contributed by atoms with Crippen molar-refractivity contribution in [1.82, 2.24) is 5.32 Å². The quantitative estimate of drug-likeness (QED) is 0.776. The van der Waals surface area contributed by atoms with Gasteiger partial charge in [0.15, 0.2) is 0 Å². The van der Waals surface area contributed by atoms with Gasteiger partial charge in [0.1, 0.15) is 0 Å². The van der Waals surface area contributed by atoms with Crippen molar-refractivity contribution in [2.45, 2.75) is 57.1 Å². The lowest BCUT2D eigenvalue weighted by molar-refractivity contribution is -0.131. The molecule has 0 radical (unpaired) electrons. The fourth-order valence-electron chi connectivity index (χ4n) is 3.27. The van der Waals surface area contributed by atoms with E-state index in [1.165, 1.54) is 0 Å². The molecule has 0 saturated heterocycles. The number of hydrogen-bond donors (Lipinski definition) is 2. The smallest absolute Gasteiger partial charge is 0.227 e. The van der Waals surface area contributed by atoms with Crippen molar-refractivity contribution in [2.24, 2.45) is 11.1 Å². The molecule has 4 heteroatoms. The summed E-state index contributed by atoms with van der Waals surface area (Å²) in [4.78, 5) is 12.4. The van der Waals surface area contributed by atoms with Crippen molar-refractivity contribution < 1.29 is 9.53 Å². The van der Waals surface area contributed by atoms with E-state index in [1.54, 1.807) is 7.11 Å². The predicted molar refractivity (Wildman–Crippen MR) is 66.5 cm³/mol. The lowest BCUT2D eigenvalue weighted by Crippen LogP contribution is -2.50. The molecule has 4 nitrogen and oxygen atoms in total. The summed E-state index contributed by atoms with van der Waals surface area (Å²) in [6.45, 7) is 0.475. The maximum atomic E-state index is 12.4. The Labute approximate surface area is 103 Å². The molecule has 0 bridgehead atoms. The van der Waals surface area contributed by atoms with E-state index in [9.17, 15) is 4.79 Å². The van der Waals surface area contributed by atoms with Crippen molar-refractivity contribution >= 4 is 5.91 Å². The first kappa shape index (κ1) is 12.8. The van der Waals surface area contributed by atoms with Gasteiger partial charge in [-0.05, 0) is 32.1 Å². The number of amides is 1. The van der Waals surface area contributed by atoms with Crippen LogP contribution in [0.15, 0.2) is 0 Å². The number of carbonyl (C=O) groups is 1. The minimum absolute atomic E-state index is 0.159. The summed E-state index contributed by atoms with van der Waals surface area (Å²) < 4.78 is 5.41. The summed E-state index contributed by atoms with van der Waals surface area (Å²) in [5, 5.41) is 3.17. The van der Waals surface area contributed by atoms with Crippen LogP contribution in [0.1, 0.15) is 44.9 Å². The van der Waals surface area contributed by atoms with E-state index >= 15 is 0 Å². The molecule has 2 aliphatic rings. The minimum atomic E-state index is -0.291. The largest absolute Gasteiger partial charge is 0.379 e. The molecule has 1 amide bonds. The molecule has 0 aromatic heterocycles. The monoisotopic (exact) mass is 240 g/mol. The molecule has 2 atom stereocenters.